The summed E-state index contributed by atoms with van der Waals surface area (Å²) in [4.78, 5) is 14.9. The smallest absolute Gasteiger partial charge is 0.161 e. The average molecular weight is 260 g/mol. The van der Waals surface area contributed by atoms with Gasteiger partial charge in [0.15, 0.2) is 5.78 Å². The number of Topliss-reactive ketones (excluding diaryl/α,β-unsaturated/α-hetero) is 1. The summed E-state index contributed by atoms with van der Waals surface area (Å²) in [6, 6.07) is 9.72. The van der Waals surface area contributed by atoms with Gasteiger partial charge in [0.2, 0.25) is 0 Å². The van der Waals surface area contributed by atoms with Gasteiger partial charge in [0.05, 0.1) is 6.54 Å². The van der Waals surface area contributed by atoms with Gasteiger partial charge in [0.1, 0.15) is 0 Å². The van der Waals surface area contributed by atoms with Crippen molar-refractivity contribution in [1.29, 1.82) is 0 Å². The summed E-state index contributed by atoms with van der Waals surface area (Å²) in [5.74, 6) is -0.00104. The van der Waals surface area contributed by atoms with Crippen LogP contribution in [0.1, 0.15) is 22.2 Å². The standard InChI is InChI=1S/C14H16N2OS/c1-10(17)13-8-11(5-6-14(13)15)16(2)9-12-4-3-7-18-12/h3-8H,9,15H2,1-2H3. The number of nitrogens with two attached hydrogens (primary N) is 1. The van der Waals surface area contributed by atoms with Gasteiger partial charge >= 0.3 is 0 Å². The molecule has 0 spiro atoms. The highest BCUT2D eigenvalue weighted by atomic mass is 32.1. The van der Waals surface area contributed by atoms with E-state index < -0.39 is 0 Å². The van der Waals surface area contributed by atoms with E-state index in [-0.39, 0.29) is 5.78 Å². The Morgan fingerprint density at radius 1 is 1.39 bits per heavy atom. The first-order valence-corrected chi connectivity index (χ1v) is 6.60. The molecule has 2 aromatic rings. The molecule has 0 saturated carbocycles. The molecule has 94 valence electrons. The van der Waals surface area contributed by atoms with E-state index in [2.05, 4.69) is 16.3 Å². The number of nitrogen functional groups attached to an aromatic ring is 1. The maximum atomic E-state index is 11.5. The molecule has 18 heavy (non-hydrogen) atoms. The lowest BCUT2D eigenvalue weighted by molar-refractivity contribution is 0.101. The first kappa shape index (κ1) is 12.6. The van der Waals surface area contributed by atoms with Crippen molar-refractivity contribution in [3.63, 3.8) is 0 Å². The highest BCUT2D eigenvalue weighted by Gasteiger charge is 2.09. The van der Waals surface area contributed by atoms with Crippen LogP contribution in [-0.2, 0) is 6.54 Å². The summed E-state index contributed by atoms with van der Waals surface area (Å²) >= 11 is 1.73. The highest BCUT2D eigenvalue weighted by Crippen LogP contribution is 2.23. The van der Waals surface area contributed by atoms with E-state index in [1.54, 1.807) is 17.4 Å². The van der Waals surface area contributed by atoms with Crippen LogP contribution in [0.5, 0.6) is 0 Å². The number of rotatable bonds is 4. The Kier molecular flexibility index (Phi) is 3.67. The van der Waals surface area contributed by atoms with Crippen molar-refractivity contribution in [2.24, 2.45) is 0 Å². The second-order valence-corrected chi connectivity index (χ2v) is 5.30. The number of carbonyl (C=O) groups is 1. The number of ketones is 1. The predicted octanol–water partition coefficient (Wildman–Crippen LogP) is 3.17. The van der Waals surface area contributed by atoms with E-state index in [1.165, 1.54) is 11.8 Å². The van der Waals surface area contributed by atoms with Gasteiger partial charge in [-0.3, -0.25) is 4.79 Å². The van der Waals surface area contributed by atoms with E-state index in [0.29, 0.717) is 11.3 Å². The lowest BCUT2D eigenvalue weighted by Crippen LogP contribution is -2.16. The van der Waals surface area contributed by atoms with E-state index in [4.69, 9.17) is 5.73 Å². The molecular formula is C14H16N2OS. The molecule has 2 rings (SSSR count). The summed E-state index contributed by atoms with van der Waals surface area (Å²) in [7, 11) is 2.01. The molecule has 0 atom stereocenters. The van der Waals surface area contributed by atoms with E-state index >= 15 is 0 Å². The Hall–Kier alpha value is -1.81. The lowest BCUT2D eigenvalue weighted by Gasteiger charge is -2.19. The molecule has 3 nitrogen and oxygen atoms in total. The van der Waals surface area contributed by atoms with Crippen LogP contribution in [-0.4, -0.2) is 12.8 Å². The Morgan fingerprint density at radius 3 is 2.78 bits per heavy atom. The van der Waals surface area contributed by atoms with Crippen LogP contribution in [0.15, 0.2) is 35.7 Å². The molecule has 0 aliphatic carbocycles. The van der Waals surface area contributed by atoms with Crippen LogP contribution < -0.4 is 10.6 Å². The van der Waals surface area contributed by atoms with Gasteiger partial charge in [0, 0.05) is 28.9 Å². The molecule has 1 aromatic carbocycles. The zero-order valence-corrected chi connectivity index (χ0v) is 11.3. The first-order valence-electron chi connectivity index (χ1n) is 5.72. The van der Waals surface area contributed by atoms with Gasteiger partial charge in [-0.2, -0.15) is 0 Å². The van der Waals surface area contributed by atoms with Crippen molar-refractivity contribution in [2.45, 2.75) is 13.5 Å². The van der Waals surface area contributed by atoms with Gasteiger partial charge in [-0.1, -0.05) is 6.07 Å². The zero-order valence-electron chi connectivity index (χ0n) is 10.5. The monoisotopic (exact) mass is 260 g/mol. The fraction of sp³-hybridized carbons (Fsp3) is 0.214. The molecule has 1 heterocycles. The van der Waals surface area contributed by atoms with Crippen LogP contribution in [0.3, 0.4) is 0 Å². The van der Waals surface area contributed by atoms with Gasteiger partial charge < -0.3 is 10.6 Å². The largest absolute Gasteiger partial charge is 0.398 e. The SMILES string of the molecule is CC(=O)c1cc(N(C)Cc2cccs2)ccc1N. The zero-order chi connectivity index (χ0) is 13.1. The molecule has 2 N–H and O–H groups in total. The normalized spacial score (nSPS) is 10.3. The van der Waals surface area contributed by atoms with Crippen LogP contribution in [0.4, 0.5) is 11.4 Å². The van der Waals surface area contributed by atoms with Gasteiger partial charge in [-0.15, -0.1) is 11.3 Å². The molecular weight excluding hydrogens is 244 g/mol. The Labute approximate surface area is 111 Å². The second kappa shape index (κ2) is 5.23. The molecule has 0 fully saturated rings. The molecule has 0 unspecified atom stereocenters. The number of nitrogens with zero attached hydrogens (tertiary/aromatic N) is 1. The van der Waals surface area contributed by atoms with Crippen LogP contribution in [0, 0.1) is 0 Å². The van der Waals surface area contributed by atoms with E-state index in [9.17, 15) is 4.79 Å². The molecule has 4 heteroatoms. The van der Waals surface area contributed by atoms with E-state index in [1.807, 2.05) is 25.2 Å². The molecule has 0 bridgehead atoms. The minimum atomic E-state index is -0.00104. The Bertz CT molecular complexity index is 549. The maximum absolute atomic E-state index is 11.5. The van der Waals surface area contributed by atoms with Crippen molar-refractivity contribution in [2.75, 3.05) is 17.7 Å². The van der Waals surface area contributed by atoms with Crippen molar-refractivity contribution >= 4 is 28.5 Å². The number of benzene rings is 1. The van der Waals surface area contributed by atoms with Crippen molar-refractivity contribution in [1.82, 2.24) is 0 Å². The number of carbonyl (C=O) groups excluding carboxylic acids is 1. The molecule has 1 aromatic heterocycles. The Morgan fingerprint density at radius 2 is 2.17 bits per heavy atom. The molecule has 0 radical (unpaired) electrons. The summed E-state index contributed by atoms with van der Waals surface area (Å²) < 4.78 is 0. The summed E-state index contributed by atoms with van der Waals surface area (Å²) in [5, 5.41) is 2.06. The van der Waals surface area contributed by atoms with Crippen molar-refractivity contribution in [3.05, 3.63) is 46.2 Å². The third-order valence-corrected chi connectivity index (χ3v) is 3.69. The molecule has 0 aliphatic heterocycles. The average Bonchev–Trinajstić information content (AvgIpc) is 2.81. The third-order valence-electron chi connectivity index (χ3n) is 2.83. The molecule has 0 saturated heterocycles. The lowest BCUT2D eigenvalue weighted by atomic mass is 10.1. The highest BCUT2D eigenvalue weighted by molar-refractivity contribution is 7.09. The van der Waals surface area contributed by atoms with E-state index in [0.717, 1.165) is 12.2 Å². The minimum absolute atomic E-state index is 0.00104. The number of anilines is 2. The predicted molar refractivity (Wildman–Crippen MR) is 77.3 cm³/mol. The molecule has 0 aliphatic rings. The quantitative estimate of drug-likeness (QED) is 0.678. The van der Waals surface area contributed by atoms with Gasteiger partial charge in [0.25, 0.3) is 0 Å². The number of thiophene rings is 1. The van der Waals surface area contributed by atoms with Crippen LogP contribution in [0.2, 0.25) is 0 Å². The van der Waals surface area contributed by atoms with Gasteiger partial charge in [-0.05, 0) is 36.6 Å². The fourth-order valence-electron chi connectivity index (χ4n) is 1.81. The van der Waals surface area contributed by atoms with Crippen LogP contribution >= 0.6 is 11.3 Å². The Balaban J connectivity index is 2.22. The molecule has 0 amide bonds. The van der Waals surface area contributed by atoms with Crippen molar-refractivity contribution < 1.29 is 4.79 Å². The maximum Gasteiger partial charge on any atom is 0.161 e. The second-order valence-electron chi connectivity index (χ2n) is 4.26. The minimum Gasteiger partial charge on any atom is -0.398 e. The number of hydrogen-bond acceptors (Lipinski definition) is 4. The third kappa shape index (κ3) is 2.71. The van der Waals surface area contributed by atoms with Gasteiger partial charge in [-0.25, -0.2) is 0 Å². The first-order chi connectivity index (χ1) is 8.58. The van der Waals surface area contributed by atoms with Crippen LogP contribution in [0.25, 0.3) is 0 Å². The fourth-order valence-corrected chi connectivity index (χ4v) is 2.57. The summed E-state index contributed by atoms with van der Waals surface area (Å²) in [5.41, 5.74) is 7.92. The summed E-state index contributed by atoms with van der Waals surface area (Å²) in [6.45, 7) is 2.37. The topological polar surface area (TPSA) is 46.3 Å². The number of hydrogen-bond donors (Lipinski definition) is 1. The van der Waals surface area contributed by atoms with Crippen molar-refractivity contribution in [3.8, 4) is 0 Å². The summed E-state index contributed by atoms with van der Waals surface area (Å²) in [6.07, 6.45) is 0.